The summed E-state index contributed by atoms with van der Waals surface area (Å²) in [5, 5.41) is 11.4. The molecular weight excluding hydrogens is 413 g/mol. The van der Waals surface area contributed by atoms with E-state index in [1.807, 2.05) is 4.68 Å². The third-order valence-corrected chi connectivity index (χ3v) is 5.47. The van der Waals surface area contributed by atoms with Crippen molar-refractivity contribution in [2.45, 2.75) is 25.8 Å². The van der Waals surface area contributed by atoms with Crippen LogP contribution in [0.15, 0.2) is 30.7 Å². The van der Waals surface area contributed by atoms with Crippen molar-refractivity contribution in [1.82, 2.24) is 24.6 Å². The molecule has 10 heteroatoms. The number of hydrogen-bond acceptors (Lipinski definition) is 5. The quantitative estimate of drug-likeness (QED) is 0.627. The van der Waals surface area contributed by atoms with Gasteiger partial charge in [-0.3, -0.25) is 5.32 Å². The fraction of sp³-hybridized carbons (Fsp3) is 0.368. The molecule has 0 aliphatic carbocycles. The lowest BCUT2D eigenvalue weighted by atomic mass is 10.1. The van der Waals surface area contributed by atoms with Crippen LogP contribution in [0.1, 0.15) is 19.3 Å². The van der Waals surface area contributed by atoms with E-state index in [4.69, 9.17) is 23.2 Å². The third-order valence-electron chi connectivity index (χ3n) is 4.92. The van der Waals surface area contributed by atoms with Crippen LogP contribution in [0.2, 0.25) is 10.0 Å². The van der Waals surface area contributed by atoms with Gasteiger partial charge in [0.25, 0.3) is 0 Å². The molecule has 2 N–H and O–H groups in total. The molecule has 2 aromatic heterocycles. The van der Waals surface area contributed by atoms with Gasteiger partial charge in [-0.1, -0.05) is 29.6 Å². The second kappa shape index (κ2) is 8.94. The molecule has 0 bridgehead atoms. The number of rotatable bonds is 5. The van der Waals surface area contributed by atoms with Crippen molar-refractivity contribution in [2.75, 3.05) is 30.3 Å². The zero-order valence-corrected chi connectivity index (χ0v) is 17.2. The minimum Gasteiger partial charge on any atom is -0.306 e. The highest BCUT2D eigenvalue weighted by molar-refractivity contribution is 6.36. The van der Waals surface area contributed by atoms with Crippen molar-refractivity contribution in [2.24, 2.45) is 0 Å². The molecule has 1 saturated heterocycles. The van der Waals surface area contributed by atoms with Crippen LogP contribution in [0.4, 0.5) is 16.3 Å². The number of nitrogens with one attached hydrogen (secondary N) is 2. The highest BCUT2D eigenvalue weighted by Gasteiger charge is 2.15. The molecule has 3 aromatic rings. The lowest BCUT2D eigenvalue weighted by Crippen LogP contribution is -2.32. The van der Waals surface area contributed by atoms with Gasteiger partial charge in [0.1, 0.15) is 12.1 Å². The molecule has 4 rings (SSSR count). The second-order valence-corrected chi connectivity index (χ2v) is 7.78. The van der Waals surface area contributed by atoms with E-state index in [1.54, 1.807) is 24.4 Å². The van der Waals surface area contributed by atoms with E-state index in [-0.39, 0.29) is 0 Å². The number of urea groups is 1. The van der Waals surface area contributed by atoms with Crippen molar-refractivity contribution in [3.63, 3.8) is 0 Å². The van der Waals surface area contributed by atoms with Gasteiger partial charge in [-0.15, -0.1) is 0 Å². The van der Waals surface area contributed by atoms with Crippen LogP contribution < -0.4 is 10.6 Å². The fourth-order valence-corrected chi connectivity index (χ4v) is 3.88. The molecular formula is C19H21Cl2N7O. The number of carbonyl (C=O) groups is 1. The number of nitrogens with zero attached hydrogens (tertiary/aromatic N) is 5. The summed E-state index contributed by atoms with van der Waals surface area (Å²) in [7, 11) is 0. The third kappa shape index (κ3) is 4.77. The number of carbonyl (C=O) groups excluding carboxylic acids is 1. The largest absolute Gasteiger partial charge is 0.324 e. The first kappa shape index (κ1) is 19.9. The van der Waals surface area contributed by atoms with Gasteiger partial charge in [0, 0.05) is 11.6 Å². The van der Waals surface area contributed by atoms with Crippen LogP contribution in [0, 0.1) is 0 Å². The Morgan fingerprint density at radius 3 is 2.69 bits per heavy atom. The number of amides is 2. The van der Waals surface area contributed by atoms with Gasteiger partial charge in [-0.25, -0.2) is 19.4 Å². The first-order valence-corrected chi connectivity index (χ1v) is 10.3. The van der Waals surface area contributed by atoms with E-state index >= 15 is 0 Å². The number of likely N-dealkylation sites (tertiary alicyclic amines) is 1. The molecule has 3 heterocycles. The molecule has 29 heavy (non-hydrogen) atoms. The maximum atomic E-state index is 12.4. The normalized spacial score (nSPS) is 14.8. The van der Waals surface area contributed by atoms with Gasteiger partial charge in [-0.05, 0) is 44.1 Å². The molecule has 1 aromatic carbocycles. The topological polar surface area (TPSA) is 88.0 Å². The molecule has 0 spiro atoms. The van der Waals surface area contributed by atoms with E-state index in [0.29, 0.717) is 32.6 Å². The van der Waals surface area contributed by atoms with Crippen LogP contribution in [-0.2, 0) is 6.54 Å². The van der Waals surface area contributed by atoms with Gasteiger partial charge in [0.2, 0.25) is 0 Å². The molecule has 0 saturated carbocycles. The summed E-state index contributed by atoms with van der Waals surface area (Å²) in [6.07, 6.45) is 6.92. The average Bonchev–Trinajstić information content (AvgIpc) is 3.13. The van der Waals surface area contributed by atoms with Gasteiger partial charge >= 0.3 is 6.03 Å². The summed E-state index contributed by atoms with van der Waals surface area (Å²) in [5.74, 6) is 0.391. The van der Waals surface area contributed by atoms with E-state index < -0.39 is 6.03 Å². The Hall–Kier alpha value is -2.42. The lowest BCUT2D eigenvalue weighted by Gasteiger charge is -2.26. The minimum atomic E-state index is -0.463. The van der Waals surface area contributed by atoms with Crippen LogP contribution >= 0.6 is 23.2 Å². The van der Waals surface area contributed by atoms with Crippen molar-refractivity contribution >= 4 is 51.8 Å². The summed E-state index contributed by atoms with van der Waals surface area (Å²) >= 11 is 12.0. The summed E-state index contributed by atoms with van der Waals surface area (Å²) in [4.78, 5) is 23.4. The predicted octanol–water partition coefficient (Wildman–Crippen LogP) is 4.26. The zero-order valence-electron chi connectivity index (χ0n) is 15.7. The van der Waals surface area contributed by atoms with Gasteiger partial charge in [0.15, 0.2) is 5.65 Å². The first-order chi connectivity index (χ1) is 14.1. The molecule has 0 atom stereocenters. The average molecular weight is 434 g/mol. The second-order valence-electron chi connectivity index (χ2n) is 6.93. The standard InChI is InChI=1S/C19H21Cl2N7O/c20-13-4-5-16(15(21)10-13)25-19(29)26-17-14-11-24-28(18(14)23-12-22-17)9-8-27-6-2-1-3-7-27/h4-5,10-12H,1-3,6-9H2,(H2,22,23,25,26,29). The molecule has 1 aliphatic heterocycles. The van der Waals surface area contributed by atoms with Gasteiger partial charge in [-0.2, -0.15) is 5.10 Å². The van der Waals surface area contributed by atoms with Crippen molar-refractivity contribution in [3.05, 3.63) is 40.8 Å². The van der Waals surface area contributed by atoms with Crippen LogP contribution in [0.5, 0.6) is 0 Å². The molecule has 1 aliphatic rings. The maximum Gasteiger partial charge on any atom is 0.324 e. The Kier molecular flexibility index (Phi) is 6.13. The highest BCUT2D eigenvalue weighted by atomic mass is 35.5. The fourth-order valence-electron chi connectivity index (χ4n) is 3.43. The minimum absolute atomic E-state index is 0.353. The number of benzene rings is 1. The van der Waals surface area contributed by atoms with Gasteiger partial charge < -0.3 is 10.2 Å². The van der Waals surface area contributed by atoms with E-state index in [9.17, 15) is 4.79 Å². The SMILES string of the molecule is O=C(Nc1ccc(Cl)cc1Cl)Nc1ncnc2c1cnn2CCN1CCCCC1. The molecule has 0 unspecified atom stereocenters. The first-order valence-electron chi connectivity index (χ1n) is 9.52. The van der Waals surface area contributed by atoms with E-state index in [0.717, 1.165) is 26.2 Å². The van der Waals surface area contributed by atoms with Crippen LogP contribution in [0.25, 0.3) is 11.0 Å². The van der Waals surface area contributed by atoms with Crippen molar-refractivity contribution < 1.29 is 4.79 Å². The molecule has 8 nitrogen and oxygen atoms in total. The Morgan fingerprint density at radius 1 is 1.07 bits per heavy atom. The van der Waals surface area contributed by atoms with Crippen molar-refractivity contribution in [1.29, 1.82) is 0 Å². The molecule has 2 amide bonds. The Labute approximate surface area is 178 Å². The van der Waals surface area contributed by atoms with Crippen LogP contribution in [-0.4, -0.2) is 50.3 Å². The summed E-state index contributed by atoms with van der Waals surface area (Å²) in [6, 6.07) is 4.39. The Bertz CT molecular complexity index is 1020. The Balaban J connectivity index is 1.45. The summed E-state index contributed by atoms with van der Waals surface area (Å²) < 4.78 is 1.85. The number of fused-ring (bicyclic) bond motifs is 1. The zero-order chi connectivity index (χ0) is 20.2. The number of piperidine rings is 1. The summed E-state index contributed by atoms with van der Waals surface area (Å²) in [5.41, 5.74) is 1.15. The number of halogens is 2. The van der Waals surface area contributed by atoms with Gasteiger partial charge in [0.05, 0.1) is 28.8 Å². The number of hydrogen-bond donors (Lipinski definition) is 2. The maximum absolute atomic E-state index is 12.4. The molecule has 152 valence electrons. The summed E-state index contributed by atoms with van der Waals surface area (Å²) in [6.45, 7) is 3.94. The number of aromatic nitrogens is 4. The number of anilines is 2. The lowest BCUT2D eigenvalue weighted by molar-refractivity contribution is 0.219. The highest BCUT2D eigenvalue weighted by Crippen LogP contribution is 2.26. The predicted molar refractivity (Wildman–Crippen MR) is 115 cm³/mol. The van der Waals surface area contributed by atoms with Crippen LogP contribution in [0.3, 0.4) is 0 Å². The van der Waals surface area contributed by atoms with E-state index in [1.165, 1.54) is 25.6 Å². The Morgan fingerprint density at radius 2 is 1.90 bits per heavy atom. The van der Waals surface area contributed by atoms with E-state index in [2.05, 4.69) is 30.6 Å². The smallest absolute Gasteiger partial charge is 0.306 e. The van der Waals surface area contributed by atoms with Crippen molar-refractivity contribution in [3.8, 4) is 0 Å². The molecule has 0 radical (unpaired) electrons. The molecule has 1 fully saturated rings. The monoisotopic (exact) mass is 433 g/mol.